The van der Waals surface area contributed by atoms with Crippen LogP contribution >= 0.6 is 0 Å². The standard InChI is InChI=1S/C28H28N2O4/c1-28(2,3)21-16-20(10-11-22(21)34-4)25(31)23-24(19-8-6-5-7-9-19)30(27(33)26(23)32)17-18-12-14-29-15-13-18/h5-16,24,31H,17H2,1-4H3/b25-23-. The zero-order valence-corrected chi connectivity index (χ0v) is 19.8. The fourth-order valence-corrected chi connectivity index (χ4v) is 4.31. The Labute approximate surface area is 199 Å². The van der Waals surface area contributed by atoms with Crippen LogP contribution in [0.1, 0.15) is 49.1 Å². The van der Waals surface area contributed by atoms with Gasteiger partial charge in [0.2, 0.25) is 0 Å². The molecule has 174 valence electrons. The summed E-state index contributed by atoms with van der Waals surface area (Å²) < 4.78 is 5.51. The summed E-state index contributed by atoms with van der Waals surface area (Å²) in [5, 5.41) is 11.4. The van der Waals surface area contributed by atoms with Crippen molar-refractivity contribution in [1.82, 2.24) is 9.88 Å². The van der Waals surface area contributed by atoms with Crippen molar-refractivity contribution in [3.05, 3.63) is 101 Å². The van der Waals surface area contributed by atoms with Crippen molar-refractivity contribution in [2.24, 2.45) is 0 Å². The number of benzene rings is 2. The summed E-state index contributed by atoms with van der Waals surface area (Å²) in [6.45, 7) is 6.37. The number of rotatable bonds is 5. The summed E-state index contributed by atoms with van der Waals surface area (Å²) in [4.78, 5) is 32.0. The maximum absolute atomic E-state index is 13.3. The number of amides is 1. The van der Waals surface area contributed by atoms with E-state index in [9.17, 15) is 14.7 Å². The van der Waals surface area contributed by atoms with Crippen LogP contribution in [0.2, 0.25) is 0 Å². The zero-order valence-electron chi connectivity index (χ0n) is 19.8. The molecule has 0 aliphatic carbocycles. The minimum atomic E-state index is -0.713. The summed E-state index contributed by atoms with van der Waals surface area (Å²) in [7, 11) is 1.60. The normalized spacial score (nSPS) is 17.8. The Bertz CT molecular complexity index is 1240. The van der Waals surface area contributed by atoms with Gasteiger partial charge in [0.05, 0.1) is 18.7 Å². The largest absolute Gasteiger partial charge is 0.507 e. The second-order valence-electron chi connectivity index (χ2n) is 9.36. The Morgan fingerprint density at radius 1 is 1.03 bits per heavy atom. The molecule has 2 aromatic carbocycles. The molecule has 1 N–H and O–H groups in total. The number of carbonyl (C=O) groups excluding carboxylic acids is 2. The van der Waals surface area contributed by atoms with E-state index in [4.69, 9.17) is 4.74 Å². The third-order valence-electron chi connectivity index (χ3n) is 6.04. The maximum Gasteiger partial charge on any atom is 0.295 e. The SMILES string of the molecule is COc1ccc(/C(O)=C2/C(=O)C(=O)N(Cc3ccncc3)C2c2ccccc2)cc1C(C)(C)C. The van der Waals surface area contributed by atoms with Crippen LogP contribution in [0.5, 0.6) is 5.75 Å². The van der Waals surface area contributed by atoms with E-state index in [1.807, 2.05) is 57.2 Å². The van der Waals surface area contributed by atoms with Crippen molar-refractivity contribution in [1.29, 1.82) is 0 Å². The molecule has 1 saturated heterocycles. The van der Waals surface area contributed by atoms with Gasteiger partial charge in [0.25, 0.3) is 11.7 Å². The molecular weight excluding hydrogens is 428 g/mol. The van der Waals surface area contributed by atoms with Gasteiger partial charge >= 0.3 is 0 Å². The Hall–Kier alpha value is -3.93. The average molecular weight is 457 g/mol. The first-order valence-corrected chi connectivity index (χ1v) is 11.1. The number of methoxy groups -OCH3 is 1. The summed E-state index contributed by atoms with van der Waals surface area (Å²) in [5.41, 5.74) is 2.78. The second kappa shape index (κ2) is 9.14. The minimum absolute atomic E-state index is 0.0790. The summed E-state index contributed by atoms with van der Waals surface area (Å²) in [6, 6.07) is 17.5. The first-order valence-electron chi connectivity index (χ1n) is 11.1. The molecule has 3 aromatic rings. The molecule has 0 saturated carbocycles. The number of likely N-dealkylation sites (tertiary alicyclic amines) is 1. The van der Waals surface area contributed by atoms with Crippen LogP contribution in [-0.2, 0) is 21.5 Å². The van der Waals surface area contributed by atoms with Crippen LogP contribution in [0, 0.1) is 0 Å². The number of aromatic nitrogens is 1. The highest BCUT2D eigenvalue weighted by Crippen LogP contribution is 2.41. The van der Waals surface area contributed by atoms with E-state index in [0.717, 1.165) is 16.7 Å². The molecule has 4 rings (SSSR count). The molecule has 1 aliphatic heterocycles. The van der Waals surface area contributed by atoms with Gasteiger partial charge < -0.3 is 14.7 Å². The number of aliphatic hydroxyl groups is 1. The zero-order chi connectivity index (χ0) is 24.5. The second-order valence-corrected chi connectivity index (χ2v) is 9.36. The molecule has 34 heavy (non-hydrogen) atoms. The molecule has 1 aliphatic rings. The van der Waals surface area contributed by atoms with Gasteiger partial charge in [-0.15, -0.1) is 0 Å². The average Bonchev–Trinajstić information content (AvgIpc) is 3.08. The van der Waals surface area contributed by atoms with E-state index in [0.29, 0.717) is 11.3 Å². The number of hydrogen-bond acceptors (Lipinski definition) is 5. The number of ketones is 1. The lowest BCUT2D eigenvalue weighted by molar-refractivity contribution is -0.140. The Morgan fingerprint density at radius 3 is 2.32 bits per heavy atom. The number of Topliss-reactive ketones (excluding diaryl/α,β-unsaturated/α-hetero) is 1. The molecule has 1 unspecified atom stereocenters. The van der Waals surface area contributed by atoms with E-state index in [2.05, 4.69) is 4.98 Å². The molecular formula is C28H28N2O4. The van der Waals surface area contributed by atoms with Gasteiger partial charge in [-0.2, -0.15) is 0 Å². The molecule has 1 amide bonds. The topological polar surface area (TPSA) is 79.7 Å². The van der Waals surface area contributed by atoms with Crippen LogP contribution < -0.4 is 4.74 Å². The Morgan fingerprint density at radius 2 is 1.71 bits per heavy atom. The van der Waals surface area contributed by atoms with Gasteiger partial charge in [0.1, 0.15) is 11.5 Å². The predicted octanol–water partition coefficient (Wildman–Crippen LogP) is 5.01. The van der Waals surface area contributed by atoms with Gasteiger partial charge in [0.15, 0.2) is 0 Å². The highest BCUT2D eigenvalue weighted by molar-refractivity contribution is 6.46. The lowest BCUT2D eigenvalue weighted by Gasteiger charge is -2.26. The Balaban J connectivity index is 1.88. The maximum atomic E-state index is 13.3. The molecule has 6 heteroatoms. The molecule has 0 bridgehead atoms. The minimum Gasteiger partial charge on any atom is -0.507 e. The first kappa shape index (κ1) is 23.2. The van der Waals surface area contributed by atoms with E-state index >= 15 is 0 Å². The number of nitrogens with zero attached hydrogens (tertiary/aromatic N) is 2. The van der Waals surface area contributed by atoms with Crippen LogP contribution in [0.4, 0.5) is 0 Å². The van der Waals surface area contributed by atoms with E-state index in [1.54, 1.807) is 43.8 Å². The van der Waals surface area contributed by atoms with Gasteiger partial charge in [-0.25, -0.2) is 0 Å². The van der Waals surface area contributed by atoms with Gasteiger partial charge in [0, 0.05) is 30.1 Å². The van der Waals surface area contributed by atoms with Crippen molar-refractivity contribution < 1.29 is 19.4 Å². The molecule has 0 radical (unpaired) electrons. The number of ether oxygens (including phenoxy) is 1. The van der Waals surface area contributed by atoms with Crippen LogP contribution in [0.25, 0.3) is 5.76 Å². The number of hydrogen-bond donors (Lipinski definition) is 1. The molecule has 2 heterocycles. The monoisotopic (exact) mass is 456 g/mol. The van der Waals surface area contributed by atoms with Gasteiger partial charge in [-0.1, -0.05) is 51.1 Å². The van der Waals surface area contributed by atoms with Crippen LogP contribution in [-0.4, -0.2) is 33.8 Å². The lowest BCUT2D eigenvalue weighted by atomic mass is 9.84. The number of pyridine rings is 1. The summed E-state index contributed by atoms with van der Waals surface area (Å²) in [5.74, 6) is -0.843. The molecule has 1 aromatic heterocycles. The highest BCUT2D eigenvalue weighted by atomic mass is 16.5. The lowest BCUT2D eigenvalue weighted by Crippen LogP contribution is -2.29. The molecule has 1 fully saturated rings. The fourth-order valence-electron chi connectivity index (χ4n) is 4.31. The van der Waals surface area contributed by atoms with Crippen molar-refractivity contribution >= 4 is 17.4 Å². The molecule has 6 nitrogen and oxygen atoms in total. The predicted molar refractivity (Wildman–Crippen MR) is 130 cm³/mol. The summed E-state index contributed by atoms with van der Waals surface area (Å²) >= 11 is 0. The Kier molecular flexibility index (Phi) is 6.24. The van der Waals surface area contributed by atoms with Crippen molar-refractivity contribution in [3.63, 3.8) is 0 Å². The quantitative estimate of drug-likeness (QED) is 0.332. The smallest absolute Gasteiger partial charge is 0.295 e. The summed E-state index contributed by atoms with van der Waals surface area (Å²) in [6.07, 6.45) is 3.30. The molecule has 1 atom stereocenters. The van der Waals surface area contributed by atoms with Crippen LogP contribution in [0.15, 0.2) is 78.6 Å². The van der Waals surface area contributed by atoms with E-state index in [-0.39, 0.29) is 23.3 Å². The van der Waals surface area contributed by atoms with Gasteiger partial charge in [-0.05, 0) is 46.9 Å². The van der Waals surface area contributed by atoms with Gasteiger partial charge in [-0.3, -0.25) is 14.6 Å². The molecule has 0 spiro atoms. The van der Waals surface area contributed by atoms with Crippen molar-refractivity contribution in [3.8, 4) is 5.75 Å². The number of carbonyl (C=O) groups is 2. The first-order chi connectivity index (χ1) is 16.2. The van der Waals surface area contributed by atoms with E-state index in [1.165, 1.54) is 4.90 Å². The third kappa shape index (κ3) is 4.31. The van der Waals surface area contributed by atoms with E-state index < -0.39 is 17.7 Å². The third-order valence-corrected chi connectivity index (χ3v) is 6.04. The van der Waals surface area contributed by atoms with Crippen molar-refractivity contribution in [2.45, 2.75) is 38.8 Å². The number of aliphatic hydroxyl groups excluding tert-OH is 1. The fraction of sp³-hybridized carbons (Fsp3) is 0.250. The van der Waals surface area contributed by atoms with Crippen LogP contribution in [0.3, 0.4) is 0 Å². The highest BCUT2D eigenvalue weighted by Gasteiger charge is 2.46. The van der Waals surface area contributed by atoms with Crippen molar-refractivity contribution in [2.75, 3.05) is 7.11 Å².